The Hall–Kier alpha value is -3.47. The molecule has 2 heterocycles. The van der Waals surface area contributed by atoms with Gasteiger partial charge in [-0.3, -0.25) is 0 Å². The third-order valence-electron chi connectivity index (χ3n) is 6.35. The van der Waals surface area contributed by atoms with Crippen molar-refractivity contribution in [3.05, 3.63) is 59.7 Å². The topological polar surface area (TPSA) is 85.3 Å². The predicted molar refractivity (Wildman–Crippen MR) is 129 cm³/mol. The van der Waals surface area contributed by atoms with Crippen molar-refractivity contribution in [2.75, 3.05) is 24.4 Å². The maximum atomic E-state index is 13.8. The molecule has 8 nitrogen and oxygen atoms in total. The van der Waals surface area contributed by atoms with E-state index < -0.39 is 11.7 Å². The van der Waals surface area contributed by atoms with Crippen molar-refractivity contribution in [1.82, 2.24) is 19.9 Å². The van der Waals surface area contributed by atoms with Crippen LogP contribution in [0.15, 0.2) is 43.0 Å². The van der Waals surface area contributed by atoms with Crippen LogP contribution in [0, 0.1) is 6.92 Å². The number of methoxy groups -OCH3 is 1. The molecule has 0 aliphatic heterocycles. The first-order valence-electron chi connectivity index (χ1n) is 11.7. The average molecular weight is 503 g/mol. The second-order valence-corrected chi connectivity index (χ2v) is 8.83. The van der Waals surface area contributed by atoms with Gasteiger partial charge in [-0.05, 0) is 44.7 Å². The fourth-order valence-corrected chi connectivity index (χ4v) is 4.22. The number of anilines is 2. The summed E-state index contributed by atoms with van der Waals surface area (Å²) < 4.78 is 52.6. The lowest BCUT2D eigenvalue weighted by atomic mass is 9.92. The third-order valence-corrected chi connectivity index (χ3v) is 6.35. The van der Waals surface area contributed by atoms with E-state index in [0.717, 1.165) is 37.4 Å². The summed E-state index contributed by atoms with van der Waals surface area (Å²) in [6.07, 6.45) is 2.37. The molecular formula is C25H29F3N6O2. The lowest BCUT2D eigenvalue weighted by Crippen LogP contribution is -2.38. The molecule has 11 heteroatoms. The Morgan fingerprint density at radius 1 is 1.06 bits per heavy atom. The van der Waals surface area contributed by atoms with E-state index in [1.807, 2.05) is 31.2 Å². The molecule has 0 atom stereocenters. The molecule has 0 spiro atoms. The van der Waals surface area contributed by atoms with Gasteiger partial charge in [0.15, 0.2) is 0 Å². The van der Waals surface area contributed by atoms with Gasteiger partial charge in [-0.25, -0.2) is 15.0 Å². The van der Waals surface area contributed by atoms with Gasteiger partial charge in [0.2, 0.25) is 11.8 Å². The molecule has 0 unspecified atom stereocenters. The molecule has 0 saturated heterocycles. The van der Waals surface area contributed by atoms with Crippen molar-refractivity contribution in [2.45, 2.75) is 57.5 Å². The summed E-state index contributed by atoms with van der Waals surface area (Å²) in [5, 5.41) is 2.99. The number of hydrogen-bond acceptors (Lipinski definition) is 8. The minimum Gasteiger partial charge on any atom is -0.439 e. The minimum atomic E-state index is -4.58. The minimum absolute atomic E-state index is 0.0700. The molecular weight excluding hydrogens is 473 g/mol. The molecule has 0 radical (unpaired) electrons. The van der Waals surface area contributed by atoms with E-state index in [4.69, 9.17) is 9.47 Å². The van der Waals surface area contributed by atoms with Crippen LogP contribution in [0.2, 0.25) is 0 Å². The van der Waals surface area contributed by atoms with E-state index in [1.54, 1.807) is 25.3 Å². The second kappa shape index (κ2) is 11.1. The first-order valence-corrected chi connectivity index (χ1v) is 11.7. The highest BCUT2D eigenvalue weighted by atomic mass is 19.4. The Balaban J connectivity index is 1.52. The van der Waals surface area contributed by atoms with E-state index in [9.17, 15) is 13.2 Å². The van der Waals surface area contributed by atoms with E-state index in [2.05, 4.69) is 25.3 Å². The number of nitrogens with one attached hydrogen (secondary N) is 1. The van der Waals surface area contributed by atoms with Crippen LogP contribution in [-0.2, 0) is 17.5 Å². The Morgan fingerprint density at radius 2 is 1.78 bits per heavy atom. The van der Waals surface area contributed by atoms with Crippen LogP contribution in [0.25, 0.3) is 0 Å². The number of hydrogen-bond donors (Lipinski definition) is 1. The maximum absolute atomic E-state index is 13.8. The number of alkyl halides is 3. The summed E-state index contributed by atoms with van der Waals surface area (Å²) in [6.45, 7) is 2.14. The summed E-state index contributed by atoms with van der Waals surface area (Å²) >= 11 is 0. The number of benzene rings is 1. The molecule has 3 aromatic rings. The van der Waals surface area contributed by atoms with Gasteiger partial charge in [-0.1, -0.05) is 17.7 Å². The van der Waals surface area contributed by atoms with Crippen LogP contribution in [0.5, 0.6) is 11.6 Å². The molecule has 0 bridgehead atoms. The van der Waals surface area contributed by atoms with Gasteiger partial charge in [-0.2, -0.15) is 18.2 Å². The summed E-state index contributed by atoms with van der Waals surface area (Å²) in [5.41, 5.74) is 0.837. The van der Waals surface area contributed by atoms with Gasteiger partial charge in [0.05, 0.1) is 11.7 Å². The molecule has 1 fully saturated rings. The highest BCUT2D eigenvalue weighted by Gasteiger charge is 2.38. The van der Waals surface area contributed by atoms with Crippen LogP contribution >= 0.6 is 0 Å². The largest absolute Gasteiger partial charge is 0.439 e. The number of nitrogens with zero attached hydrogens (tertiary/aromatic N) is 5. The van der Waals surface area contributed by atoms with E-state index in [-0.39, 0.29) is 30.5 Å². The van der Waals surface area contributed by atoms with Gasteiger partial charge in [0, 0.05) is 39.1 Å². The van der Waals surface area contributed by atoms with E-state index >= 15 is 0 Å². The van der Waals surface area contributed by atoms with Gasteiger partial charge in [0.1, 0.15) is 23.5 Å². The SMILES string of the molecule is COC1CCC(N(C)c2nc(NCc3cncnc3Oc3ccc(C)cc3)ncc2C(F)(F)F)CC1. The molecule has 1 saturated carbocycles. The lowest BCUT2D eigenvalue weighted by molar-refractivity contribution is -0.137. The van der Waals surface area contributed by atoms with Gasteiger partial charge < -0.3 is 19.7 Å². The highest BCUT2D eigenvalue weighted by Crippen LogP contribution is 2.37. The fraction of sp³-hybridized carbons (Fsp3) is 0.440. The monoisotopic (exact) mass is 502 g/mol. The van der Waals surface area contributed by atoms with Crippen molar-refractivity contribution < 1.29 is 22.6 Å². The Morgan fingerprint density at radius 3 is 2.44 bits per heavy atom. The standard InChI is InChI=1S/C25H29F3N6O2/c1-16-4-8-20(9-5-16)36-23-17(12-29-15-32-23)13-30-24-31-14-21(25(26,27)28)22(33-24)34(2)18-6-10-19(35-3)11-7-18/h4-5,8-9,12,14-15,18-19H,6-7,10-11,13H2,1-3H3,(H,30,31,33). The Kier molecular flexibility index (Phi) is 7.88. The molecule has 1 aliphatic carbocycles. The number of halogens is 3. The van der Waals surface area contributed by atoms with Gasteiger partial charge in [-0.15, -0.1) is 0 Å². The van der Waals surface area contributed by atoms with Crippen LogP contribution < -0.4 is 15.0 Å². The number of aryl methyl sites for hydroxylation is 1. The van der Waals surface area contributed by atoms with Crippen LogP contribution in [0.3, 0.4) is 0 Å². The number of aromatic nitrogens is 4. The van der Waals surface area contributed by atoms with Gasteiger partial charge >= 0.3 is 6.18 Å². The van der Waals surface area contributed by atoms with E-state index in [1.165, 1.54) is 6.33 Å². The highest BCUT2D eigenvalue weighted by molar-refractivity contribution is 5.51. The van der Waals surface area contributed by atoms with Crippen molar-refractivity contribution in [3.63, 3.8) is 0 Å². The summed E-state index contributed by atoms with van der Waals surface area (Å²) in [4.78, 5) is 18.0. The zero-order valence-electron chi connectivity index (χ0n) is 20.4. The van der Waals surface area contributed by atoms with Crippen LogP contribution in [0.4, 0.5) is 24.9 Å². The molecule has 4 rings (SSSR count). The quantitative estimate of drug-likeness (QED) is 0.439. The van der Waals surface area contributed by atoms with Crippen molar-refractivity contribution in [2.24, 2.45) is 0 Å². The summed E-state index contributed by atoms with van der Waals surface area (Å²) in [7, 11) is 3.31. The Labute approximate surface area is 207 Å². The average Bonchev–Trinajstić information content (AvgIpc) is 2.88. The second-order valence-electron chi connectivity index (χ2n) is 8.83. The Bertz CT molecular complexity index is 1150. The third kappa shape index (κ3) is 6.20. The number of rotatable bonds is 8. The molecule has 36 heavy (non-hydrogen) atoms. The van der Waals surface area contributed by atoms with Crippen molar-refractivity contribution in [1.29, 1.82) is 0 Å². The summed E-state index contributed by atoms with van der Waals surface area (Å²) in [5.74, 6) is 0.862. The van der Waals surface area contributed by atoms with E-state index in [0.29, 0.717) is 17.2 Å². The molecule has 1 N–H and O–H groups in total. The first kappa shape index (κ1) is 25.6. The molecule has 192 valence electrons. The van der Waals surface area contributed by atoms with Crippen LogP contribution in [0.1, 0.15) is 42.4 Å². The molecule has 0 amide bonds. The first-order chi connectivity index (χ1) is 17.2. The maximum Gasteiger partial charge on any atom is 0.421 e. The van der Waals surface area contributed by atoms with Crippen LogP contribution in [-0.4, -0.2) is 46.2 Å². The predicted octanol–water partition coefficient (Wildman–Crippen LogP) is 5.39. The fourth-order valence-electron chi connectivity index (χ4n) is 4.22. The van der Waals surface area contributed by atoms with Crippen molar-refractivity contribution in [3.8, 4) is 11.6 Å². The molecule has 1 aromatic carbocycles. The lowest BCUT2D eigenvalue weighted by Gasteiger charge is -2.35. The zero-order valence-corrected chi connectivity index (χ0v) is 20.4. The van der Waals surface area contributed by atoms with Gasteiger partial charge in [0.25, 0.3) is 0 Å². The molecule has 2 aromatic heterocycles. The van der Waals surface area contributed by atoms with Crippen molar-refractivity contribution >= 4 is 11.8 Å². The number of ether oxygens (including phenoxy) is 2. The summed E-state index contributed by atoms with van der Waals surface area (Å²) in [6, 6.07) is 7.43. The molecule has 1 aliphatic rings. The zero-order chi connectivity index (χ0) is 25.7. The smallest absolute Gasteiger partial charge is 0.421 e. The normalized spacial score (nSPS) is 18.1.